The predicted molar refractivity (Wildman–Crippen MR) is 43.8 cm³/mol. The summed E-state index contributed by atoms with van der Waals surface area (Å²) >= 11 is 0. The number of anilines is 1. The molecule has 0 radical (unpaired) electrons. The summed E-state index contributed by atoms with van der Waals surface area (Å²) in [6.07, 6.45) is -4.67. The maximum Gasteiger partial charge on any atom is 0.407 e. The van der Waals surface area contributed by atoms with Crippen molar-refractivity contribution in [1.82, 2.24) is 0 Å². The van der Waals surface area contributed by atoms with Crippen LogP contribution in [0.5, 0.6) is 0 Å². The maximum atomic E-state index is 13.1. The third-order valence-corrected chi connectivity index (χ3v) is 1.75. The summed E-state index contributed by atoms with van der Waals surface area (Å²) in [5, 5.41) is 0. The third kappa shape index (κ3) is 1.95. The summed E-state index contributed by atoms with van der Waals surface area (Å²) in [4.78, 5) is 0. The van der Waals surface area contributed by atoms with Crippen LogP contribution in [0.15, 0.2) is 18.2 Å². The van der Waals surface area contributed by atoms with Crippen LogP contribution in [-0.2, 0) is 0 Å². The Morgan fingerprint density at radius 1 is 1.21 bits per heavy atom. The minimum atomic E-state index is -4.67. The van der Waals surface area contributed by atoms with Gasteiger partial charge in [-0.15, -0.1) is 0 Å². The molecule has 0 bridgehead atoms. The van der Waals surface area contributed by atoms with E-state index in [1.807, 2.05) is 0 Å². The Balaban J connectivity index is 3.14. The fourth-order valence-electron chi connectivity index (χ4n) is 0.985. The molecule has 0 unspecified atom stereocenters. The Labute approximate surface area is 77.5 Å². The van der Waals surface area contributed by atoms with Crippen molar-refractivity contribution in [2.75, 3.05) is 5.73 Å². The Morgan fingerprint density at radius 3 is 2.29 bits per heavy atom. The molecule has 4 N–H and O–H groups in total. The van der Waals surface area contributed by atoms with E-state index in [-0.39, 0.29) is 5.69 Å². The number of hydrogen-bond donors (Lipinski definition) is 2. The van der Waals surface area contributed by atoms with Gasteiger partial charge in [0.25, 0.3) is 0 Å². The van der Waals surface area contributed by atoms with Gasteiger partial charge in [0.2, 0.25) is 0 Å². The maximum absolute atomic E-state index is 13.1. The Bertz CT molecular complexity index is 335. The molecule has 1 aromatic carbocycles. The van der Waals surface area contributed by atoms with Gasteiger partial charge >= 0.3 is 6.18 Å². The van der Waals surface area contributed by atoms with Crippen molar-refractivity contribution in [3.05, 3.63) is 29.6 Å². The topological polar surface area (TPSA) is 52.0 Å². The molecule has 14 heavy (non-hydrogen) atoms. The quantitative estimate of drug-likeness (QED) is 0.547. The van der Waals surface area contributed by atoms with Crippen molar-refractivity contribution in [2.24, 2.45) is 5.73 Å². The zero-order valence-electron chi connectivity index (χ0n) is 6.98. The number of benzene rings is 1. The normalized spacial score (nSPS) is 14.1. The molecular formula is C8H8F4N2. The summed E-state index contributed by atoms with van der Waals surface area (Å²) in [5.74, 6) is -1.11. The van der Waals surface area contributed by atoms with E-state index in [0.717, 1.165) is 6.07 Å². The molecule has 2 nitrogen and oxygen atoms in total. The predicted octanol–water partition coefficient (Wildman–Crippen LogP) is 1.97. The summed E-state index contributed by atoms with van der Waals surface area (Å²) in [5.41, 5.74) is 8.94. The molecule has 0 saturated heterocycles. The van der Waals surface area contributed by atoms with Crippen molar-refractivity contribution in [2.45, 2.75) is 12.2 Å². The van der Waals surface area contributed by atoms with Crippen molar-refractivity contribution < 1.29 is 17.6 Å². The van der Waals surface area contributed by atoms with Crippen molar-refractivity contribution in [3.63, 3.8) is 0 Å². The molecule has 0 aliphatic rings. The lowest BCUT2D eigenvalue weighted by Crippen LogP contribution is -2.29. The van der Waals surface area contributed by atoms with Crippen LogP contribution in [0.25, 0.3) is 0 Å². The van der Waals surface area contributed by atoms with Crippen LogP contribution in [0, 0.1) is 5.82 Å². The first-order valence-corrected chi connectivity index (χ1v) is 3.70. The van der Waals surface area contributed by atoms with E-state index in [9.17, 15) is 17.6 Å². The van der Waals surface area contributed by atoms with Gasteiger partial charge < -0.3 is 11.5 Å². The fourth-order valence-corrected chi connectivity index (χ4v) is 0.985. The monoisotopic (exact) mass is 208 g/mol. The smallest absolute Gasteiger partial charge is 0.396 e. The molecule has 0 fully saturated rings. The molecule has 0 aromatic heterocycles. The average Bonchev–Trinajstić information content (AvgIpc) is 2.07. The van der Waals surface area contributed by atoms with Gasteiger partial charge in [0.15, 0.2) is 5.82 Å². The van der Waals surface area contributed by atoms with Gasteiger partial charge in [0.05, 0.1) is 5.69 Å². The molecule has 0 saturated carbocycles. The van der Waals surface area contributed by atoms with Gasteiger partial charge in [-0.05, 0) is 6.07 Å². The second-order valence-electron chi connectivity index (χ2n) is 2.77. The average molecular weight is 208 g/mol. The molecule has 0 amide bonds. The van der Waals surface area contributed by atoms with E-state index in [1.165, 1.54) is 12.1 Å². The highest BCUT2D eigenvalue weighted by Gasteiger charge is 2.39. The second kappa shape index (κ2) is 3.45. The van der Waals surface area contributed by atoms with Gasteiger partial charge in [0, 0.05) is 5.56 Å². The van der Waals surface area contributed by atoms with Gasteiger partial charge in [-0.25, -0.2) is 4.39 Å². The van der Waals surface area contributed by atoms with Gasteiger partial charge in [-0.2, -0.15) is 13.2 Å². The number of nitrogen functional groups attached to an aromatic ring is 1. The lowest BCUT2D eigenvalue weighted by atomic mass is 10.1. The van der Waals surface area contributed by atoms with E-state index in [4.69, 9.17) is 11.5 Å². The van der Waals surface area contributed by atoms with Crippen LogP contribution in [-0.4, -0.2) is 6.18 Å². The van der Waals surface area contributed by atoms with Crippen LogP contribution in [0.2, 0.25) is 0 Å². The minimum absolute atomic E-state index is 0.345. The molecule has 0 spiro atoms. The molecule has 6 heteroatoms. The van der Waals surface area contributed by atoms with Crippen molar-refractivity contribution in [1.29, 1.82) is 0 Å². The van der Waals surface area contributed by atoms with Gasteiger partial charge in [0.1, 0.15) is 6.04 Å². The Hall–Kier alpha value is -1.30. The van der Waals surface area contributed by atoms with E-state index in [2.05, 4.69) is 0 Å². The number of hydrogen-bond acceptors (Lipinski definition) is 2. The van der Waals surface area contributed by atoms with Crippen LogP contribution < -0.4 is 11.5 Å². The first kappa shape index (κ1) is 10.8. The number of alkyl halides is 3. The lowest BCUT2D eigenvalue weighted by molar-refractivity contribution is -0.149. The number of halogens is 4. The summed E-state index contributed by atoms with van der Waals surface area (Å²) < 4.78 is 49.4. The first-order chi connectivity index (χ1) is 6.34. The molecule has 0 aliphatic carbocycles. The second-order valence-corrected chi connectivity index (χ2v) is 2.77. The summed E-state index contributed by atoms with van der Waals surface area (Å²) in [7, 11) is 0. The Kier molecular flexibility index (Phi) is 2.66. The van der Waals surface area contributed by atoms with Crippen molar-refractivity contribution in [3.8, 4) is 0 Å². The molecular weight excluding hydrogens is 200 g/mol. The zero-order valence-corrected chi connectivity index (χ0v) is 6.98. The van der Waals surface area contributed by atoms with Gasteiger partial charge in [-0.3, -0.25) is 0 Å². The largest absolute Gasteiger partial charge is 0.407 e. The highest BCUT2D eigenvalue weighted by molar-refractivity contribution is 5.44. The zero-order chi connectivity index (χ0) is 10.9. The lowest BCUT2D eigenvalue weighted by Gasteiger charge is -2.16. The molecule has 0 aliphatic heterocycles. The summed E-state index contributed by atoms with van der Waals surface area (Å²) in [6.45, 7) is 0. The molecule has 78 valence electrons. The van der Waals surface area contributed by atoms with E-state index < -0.39 is 23.6 Å². The highest BCUT2D eigenvalue weighted by atomic mass is 19.4. The highest BCUT2D eigenvalue weighted by Crippen LogP contribution is 2.32. The van der Waals surface area contributed by atoms with E-state index >= 15 is 0 Å². The van der Waals surface area contributed by atoms with Gasteiger partial charge in [-0.1, -0.05) is 12.1 Å². The standard InChI is InChI=1S/C8H8F4N2/c9-6-4(2-1-3-5(6)13)7(14)8(10,11)12/h1-3,7H,13-14H2/t7-/m1/s1. The molecule has 0 heterocycles. The Morgan fingerprint density at radius 2 is 1.79 bits per heavy atom. The van der Waals surface area contributed by atoms with Crippen LogP contribution in [0.4, 0.5) is 23.2 Å². The number of rotatable bonds is 1. The third-order valence-electron chi connectivity index (χ3n) is 1.75. The SMILES string of the molecule is Nc1cccc([C@@H](N)C(F)(F)F)c1F. The molecule has 1 rings (SSSR count). The first-order valence-electron chi connectivity index (χ1n) is 3.70. The summed E-state index contributed by atoms with van der Waals surface area (Å²) in [6, 6.07) is 1.01. The van der Waals surface area contributed by atoms with Crippen LogP contribution in [0.1, 0.15) is 11.6 Å². The fraction of sp³-hybridized carbons (Fsp3) is 0.250. The van der Waals surface area contributed by atoms with E-state index in [0.29, 0.717) is 0 Å². The minimum Gasteiger partial charge on any atom is -0.396 e. The molecule has 1 atom stereocenters. The number of nitrogens with two attached hydrogens (primary N) is 2. The van der Waals surface area contributed by atoms with Crippen molar-refractivity contribution >= 4 is 5.69 Å². The van der Waals surface area contributed by atoms with Crippen LogP contribution >= 0.6 is 0 Å². The van der Waals surface area contributed by atoms with E-state index in [1.54, 1.807) is 0 Å². The molecule has 1 aromatic rings. The van der Waals surface area contributed by atoms with Crippen LogP contribution in [0.3, 0.4) is 0 Å².